The second kappa shape index (κ2) is 8.41. The Hall–Kier alpha value is -1.98. The van der Waals surface area contributed by atoms with Gasteiger partial charge in [-0.2, -0.15) is 5.10 Å². The molecule has 2 saturated carbocycles. The predicted octanol–water partition coefficient (Wildman–Crippen LogP) is 3.59. The van der Waals surface area contributed by atoms with Crippen molar-refractivity contribution in [3.05, 3.63) is 53.3 Å². The minimum atomic E-state index is 0.185. The summed E-state index contributed by atoms with van der Waals surface area (Å²) in [4.78, 5) is 12.8. The lowest BCUT2D eigenvalue weighted by Crippen LogP contribution is -2.29. The molecule has 0 bridgehead atoms. The number of hydrogen-bond donors (Lipinski definition) is 1. The predicted molar refractivity (Wildman–Crippen MR) is 112 cm³/mol. The molecule has 1 saturated heterocycles. The summed E-state index contributed by atoms with van der Waals surface area (Å²) >= 11 is 0. The van der Waals surface area contributed by atoms with Gasteiger partial charge in [-0.25, -0.2) is 0 Å². The van der Waals surface area contributed by atoms with Crippen LogP contribution in [0.3, 0.4) is 0 Å². The molecule has 3 fully saturated rings. The zero-order chi connectivity index (χ0) is 19.6. The molecule has 2 aromatic rings. The number of ether oxygens (including phenoxy) is 1. The first-order chi connectivity index (χ1) is 14.2. The van der Waals surface area contributed by atoms with Gasteiger partial charge in [0.15, 0.2) is 5.78 Å². The van der Waals surface area contributed by atoms with Crippen LogP contribution in [0, 0.1) is 11.8 Å². The summed E-state index contributed by atoms with van der Waals surface area (Å²) in [6.07, 6.45) is 10.5. The van der Waals surface area contributed by atoms with Gasteiger partial charge in [0.1, 0.15) is 0 Å². The van der Waals surface area contributed by atoms with Crippen molar-refractivity contribution < 1.29 is 9.53 Å². The Balaban J connectivity index is 1.14. The van der Waals surface area contributed by atoms with Gasteiger partial charge in [0.25, 0.3) is 0 Å². The Labute approximate surface area is 172 Å². The third-order valence-electron chi connectivity index (χ3n) is 6.63. The summed E-state index contributed by atoms with van der Waals surface area (Å²) in [5.74, 6) is 2.27. The van der Waals surface area contributed by atoms with Gasteiger partial charge in [0.05, 0.1) is 6.20 Å². The van der Waals surface area contributed by atoms with Crippen LogP contribution < -0.4 is 5.32 Å². The van der Waals surface area contributed by atoms with E-state index in [9.17, 15) is 4.79 Å². The molecule has 5 rings (SSSR count). The molecule has 1 aromatic heterocycles. The van der Waals surface area contributed by atoms with Crippen molar-refractivity contribution >= 4 is 5.78 Å². The summed E-state index contributed by atoms with van der Waals surface area (Å²) in [7, 11) is 0. The summed E-state index contributed by atoms with van der Waals surface area (Å²) in [6, 6.07) is 8.83. The molecule has 0 amide bonds. The monoisotopic (exact) mass is 393 g/mol. The second-order valence-electron chi connectivity index (χ2n) is 9.15. The molecule has 5 heteroatoms. The smallest absolute Gasteiger partial charge is 0.167 e. The standard InChI is InChI=1S/C24H31N3O2/c28-24(10-19-14-26-27(16-19)15-18-4-5-18)21-3-1-2-20(11-21)22-12-23(22)25-13-17-6-8-29-9-7-17/h1-3,11,14,16-18,22-23,25H,4-10,12-13,15H2. The van der Waals surface area contributed by atoms with E-state index in [1.807, 2.05) is 29.2 Å². The first-order valence-corrected chi connectivity index (χ1v) is 11.2. The van der Waals surface area contributed by atoms with E-state index in [0.717, 1.165) is 49.3 Å². The van der Waals surface area contributed by atoms with Crippen molar-refractivity contribution in [2.24, 2.45) is 11.8 Å². The molecule has 3 aliphatic rings. The lowest BCUT2D eigenvalue weighted by molar-refractivity contribution is 0.0662. The maximum Gasteiger partial charge on any atom is 0.167 e. The molecule has 1 aliphatic heterocycles. The highest BCUT2D eigenvalue weighted by molar-refractivity contribution is 5.97. The number of nitrogens with zero attached hydrogens (tertiary/aromatic N) is 2. The van der Waals surface area contributed by atoms with Crippen LogP contribution in [-0.4, -0.2) is 41.4 Å². The van der Waals surface area contributed by atoms with Crippen LogP contribution in [0.15, 0.2) is 36.7 Å². The molecule has 5 nitrogen and oxygen atoms in total. The van der Waals surface area contributed by atoms with E-state index in [2.05, 4.69) is 22.5 Å². The Bertz CT molecular complexity index is 851. The van der Waals surface area contributed by atoms with Crippen LogP contribution in [0.25, 0.3) is 0 Å². The van der Waals surface area contributed by atoms with E-state index in [1.165, 1.54) is 37.7 Å². The van der Waals surface area contributed by atoms with Gasteiger partial charge in [-0.3, -0.25) is 9.48 Å². The first kappa shape index (κ1) is 19.0. The van der Waals surface area contributed by atoms with Gasteiger partial charge < -0.3 is 10.1 Å². The van der Waals surface area contributed by atoms with Crippen molar-refractivity contribution in [1.82, 2.24) is 15.1 Å². The van der Waals surface area contributed by atoms with Gasteiger partial charge in [-0.05, 0) is 67.7 Å². The molecule has 0 spiro atoms. The number of carbonyl (C=O) groups excluding carboxylic acids is 1. The SMILES string of the molecule is O=C(Cc1cnn(CC2CC2)c1)c1cccc(C2CC2NCC2CCOCC2)c1. The van der Waals surface area contributed by atoms with Crippen LogP contribution in [0.5, 0.6) is 0 Å². The zero-order valence-electron chi connectivity index (χ0n) is 17.1. The van der Waals surface area contributed by atoms with Crippen LogP contribution in [-0.2, 0) is 17.7 Å². The molecule has 2 aliphatic carbocycles. The fourth-order valence-electron chi connectivity index (χ4n) is 4.45. The molecular weight excluding hydrogens is 362 g/mol. The fraction of sp³-hybridized carbons (Fsp3) is 0.583. The zero-order valence-corrected chi connectivity index (χ0v) is 17.1. The van der Waals surface area contributed by atoms with Crippen LogP contribution in [0.4, 0.5) is 0 Å². The van der Waals surface area contributed by atoms with Gasteiger partial charge in [0.2, 0.25) is 0 Å². The average molecular weight is 394 g/mol. The fourth-order valence-corrected chi connectivity index (χ4v) is 4.45. The molecule has 2 atom stereocenters. The van der Waals surface area contributed by atoms with Gasteiger partial charge >= 0.3 is 0 Å². The van der Waals surface area contributed by atoms with E-state index in [0.29, 0.717) is 18.4 Å². The first-order valence-electron chi connectivity index (χ1n) is 11.2. The molecule has 1 N–H and O–H groups in total. The number of aromatic nitrogens is 2. The number of carbonyl (C=O) groups is 1. The molecule has 154 valence electrons. The summed E-state index contributed by atoms with van der Waals surface area (Å²) in [6.45, 7) is 3.90. The van der Waals surface area contributed by atoms with Crippen molar-refractivity contribution in [2.75, 3.05) is 19.8 Å². The number of benzene rings is 1. The molecule has 29 heavy (non-hydrogen) atoms. The van der Waals surface area contributed by atoms with E-state index < -0.39 is 0 Å². The summed E-state index contributed by atoms with van der Waals surface area (Å²) < 4.78 is 7.44. The number of Topliss-reactive ketones (excluding diaryl/α,β-unsaturated/α-hetero) is 1. The minimum Gasteiger partial charge on any atom is -0.381 e. The number of ketones is 1. The highest BCUT2D eigenvalue weighted by atomic mass is 16.5. The van der Waals surface area contributed by atoms with E-state index in [4.69, 9.17) is 4.74 Å². The third kappa shape index (κ3) is 4.96. The normalized spacial score (nSPS) is 24.6. The van der Waals surface area contributed by atoms with Gasteiger partial charge in [-0.1, -0.05) is 18.2 Å². The number of hydrogen-bond acceptors (Lipinski definition) is 4. The second-order valence-corrected chi connectivity index (χ2v) is 9.15. The molecular formula is C24H31N3O2. The maximum absolute atomic E-state index is 12.8. The highest BCUT2D eigenvalue weighted by Gasteiger charge is 2.38. The third-order valence-corrected chi connectivity index (χ3v) is 6.63. The van der Waals surface area contributed by atoms with Crippen LogP contribution in [0.2, 0.25) is 0 Å². The molecule has 2 unspecified atom stereocenters. The Morgan fingerprint density at radius 3 is 2.86 bits per heavy atom. The van der Waals surface area contributed by atoms with Crippen molar-refractivity contribution in [2.45, 2.75) is 57.0 Å². The quantitative estimate of drug-likeness (QED) is 0.662. The average Bonchev–Trinajstić information content (AvgIpc) is 3.67. The number of rotatable bonds is 9. The maximum atomic E-state index is 12.8. The summed E-state index contributed by atoms with van der Waals surface area (Å²) in [5.41, 5.74) is 3.14. The lowest BCUT2D eigenvalue weighted by atomic mass is 10.00. The number of nitrogens with one attached hydrogen (secondary N) is 1. The largest absolute Gasteiger partial charge is 0.381 e. The topological polar surface area (TPSA) is 56.2 Å². The molecule has 2 heterocycles. The molecule has 1 aromatic carbocycles. The van der Waals surface area contributed by atoms with Crippen molar-refractivity contribution in [3.63, 3.8) is 0 Å². The van der Waals surface area contributed by atoms with Crippen molar-refractivity contribution in [3.8, 4) is 0 Å². The molecule has 0 radical (unpaired) electrons. The highest BCUT2D eigenvalue weighted by Crippen LogP contribution is 2.41. The Kier molecular flexibility index (Phi) is 5.51. The van der Waals surface area contributed by atoms with E-state index >= 15 is 0 Å². The minimum absolute atomic E-state index is 0.185. The van der Waals surface area contributed by atoms with E-state index in [-0.39, 0.29) is 5.78 Å². The lowest BCUT2D eigenvalue weighted by Gasteiger charge is -2.22. The van der Waals surface area contributed by atoms with Gasteiger partial charge in [0, 0.05) is 49.9 Å². The van der Waals surface area contributed by atoms with Crippen LogP contribution in [0.1, 0.15) is 59.5 Å². The Morgan fingerprint density at radius 1 is 1.17 bits per heavy atom. The van der Waals surface area contributed by atoms with Gasteiger partial charge in [-0.15, -0.1) is 0 Å². The van der Waals surface area contributed by atoms with Crippen LogP contribution >= 0.6 is 0 Å². The summed E-state index contributed by atoms with van der Waals surface area (Å²) in [5, 5.41) is 8.15. The Morgan fingerprint density at radius 2 is 2.03 bits per heavy atom. The van der Waals surface area contributed by atoms with Crippen molar-refractivity contribution in [1.29, 1.82) is 0 Å². The van der Waals surface area contributed by atoms with E-state index in [1.54, 1.807) is 0 Å².